The number of halogens is 1. The average Bonchev–Trinajstić information content (AvgIpc) is 3.14. The number of nitrogens with zero attached hydrogens (tertiary/aromatic N) is 5. The Balaban J connectivity index is 1.41. The summed E-state index contributed by atoms with van der Waals surface area (Å²) in [4.78, 5) is 17.9. The molecule has 2 aliphatic rings. The fourth-order valence-corrected chi connectivity index (χ4v) is 5.29. The van der Waals surface area contributed by atoms with Gasteiger partial charge in [0.1, 0.15) is 10.9 Å². The second-order valence-electron chi connectivity index (χ2n) is 6.83. The van der Waals surface area contributed by atoms with Crippen molar-refractivity contribution in [3.63, 3.8) is 0 Å². The minimum Gasteiger partial charge on any atom is -0.369 e. The lowest BCUT2D eigenvalue weighted by molar-refractivity contribution is -0.121. The summed E-state index contributed by atoms with van der Waals surface area (Å²) in [5.41, 5.74) is -0.870. The van der Waals surface area contributed by atoms with Crippen LogP contribution in [-0.2, 0) is 28.2 Å². The maximum Gasteiger partial charge on any atom is 0.290 e. The zero-order chi connectivity index (χ0) is 18.5. The Labute approximate surface area is 149 Å². The standard InChI is InChI=1S/C15H18FN5O4S/c1-19-3-2-17-13(19)14(22)20-8-15(9-20)10-26(23,24)12(7-25-15)6-21-5-11(16)4-18-21/h2-5,12H,6-10H2,1H3/t12-/m0/s1. The first-order chi connectivity index (χ1) is 12.3. The molecule has 2 aliphatic heterocycles. The minimum atomic E-state index is -3.46. The number of carbonyl (C=O) groups excluding carboxylic acids is 1. The first kappa shape index (κ1) is 17.2. The number of amides is 1. The van der Waals surface area contributed by atoms with Crippen molar-refractivity contribution in [1.82, 2.24) is 24.2 Å². The van der Waals surface area contributed by atoms with Crippen molar-refractivity contribution < 1.29 is 22.3 Å². The lowest BCUT2D eigenvalue weighted by Gasteiger charge is -2.51. The molecule has 0 saturated carbocycles. The van der Waals surface area contributed by atoms with Gasteiger partial charge in [-0.15, -0.1) is 0 Å². The molecule has 2 aromatic heterocycles. The zero-order valence-corrected chi connectivity index (χ0v) is 14.9. The lowest BCUT2D eigenvalue weighted by atomic mass is 9.95. The normalized spacial score (nSPS) is 23.8. The number of hydrogen-bond donors (Lipinski definition) is 0. The average molecular weight is 383 g/mol. The molecule has 0 N–H and O–H groups in total. The third-order valence-electron chi connectivity index (χ3n) is 4.80. The lowest BCUT2D eigenvalue weighted by Crippen LogP contribution is -2.70. The molecular weight excluding hydrogens is 365 g/mol. The van der Waals surface area contributed by atoms with Crippen LogP contribution in [0.5, 0.6) is 0 Å². The predicted molar refractivity (Wildman–Crippen MR) is 87.6 cm³/mol. The Kier molecular flexibility index (Phi) is 3.88. The van der Waals surface area contributed by atoms with Crippen molar-refractivity contribution in [2.45, 2.75) is 17.4 Å². The topological polar surface area (TPSA) is 99.3 Å². The number of carbonyl (C=O) groups is 1. The van der Waals surface area contributed by atoms with E-state index in [2.05, 4.69) is 10.1 Å². The van der Waals surface area contributed by atoms with Gasteiger partial charge < -0.3 is 14.2 Å². The van der Waals surface area contributed by atoms with Gasteiger partial charge in [-0.2, -0.15) is 5.10 Å². The minimum absolute atomic E-state index is 0.00571. The van der Waals surface area contributed by atoms with Crippen molar-refractivity contribution in [1.29, 1.82) is 0 Å². The Bertz CT molecular complexity index is 947. The van der Waals surface area contributed by atoms with E-state index in [0.717, 1.165) is 12.4 Å². The largest absolute Gasteiger partial charge is 0.369 e. The smallest absolute Gasteiger partial charge is 0.290 e. The number of likely N-dealkylation sites (tertiary alicyclic amines) is 1. The van der Waals surface area contributed by atoms with Gasteiger partial charge in [-0.05, 0) is 0 Å². The summed E-state index contributed by atoms with van der Waals surface area (Å²) in [7, 11) is -1.74. The zero-order valence-electron chi connectivity index (χ0n) is 14.1. The van der Waals surface area contributed by atoms with E-state index < -0.39 is 26.5 Å². The highest BCUT2D eigenvalue weighted by Crippen LogP contribution is 2.33. The number of hydrogen-bond acceptors (Lipinski definition) is 6. The van der Waals surface area contributed by atoms with Gasteiger partial charge in [0.2, 0.25) is 0 Å². The number of aryl methyl sites for hydroxylation is 1. The van der Waals surface area contributed by atoms with E-state index in [9.17, 15) is 17.6 Å². The van der Waals surface area contributed by atoms with E-state index in [-0.39, 0.29) is 37.9 Å². The van der Waals surface area contributed by atoms with E-state index in [0.29, 0.717) is 5.82 Å². The molecule has 1 atom stereocenters. The highest BCUT2D eigenvalue weighted by atomic mass is 32.2. The van der Waals surface area contributed by atoms with Crippen LogP contribution in [0, 0.1) is 5.82 Å². The third-order valence-corrected chi connectivity index (χ3v) is 7.03. The van der Waals surface area contributed by atoms with Gasteiger partial charge in [0.15, 0.2) is 21.5 Å². The quantitative estimate of drug-likeness (QED) is 0.706. The Morgan fingerprint density at radius 2 is 2.23 bits per heavy atom. The summed E-state index contributed by atoms with van der Waals surface area (Å²) < 4.78 is 47.0. The summed E-state index contributed by atoms with van der Waals surface area (Å²) in [6.07, 6.45) is 5.39. The number of rotatable bonds is 3. The van der Waals surface area contributed by atoms with Crippen LogP contribution in [-0.4, -0.2) is 74.9 Å². The summed E-state index contributed by atoms with van der Waals surface area (Å²) in [6, 6.07) is 0. The van der Waals surface area contributed by atoms with Crippen molar-refractivity contribution in [3.05, 3.63) is 36.4 Å². The molecule has 0 aliphatic carbocycles. The summed E-state index contributed by atoms with van der Waals surface area (Å²) in [6.45, 7) is 0.453. The molecule has 140 valence electrons. The van der Waals surface area contributed by atoms with Gasteiger partial charge in [-0.25, -0.2) is 17.8 Å². The molecule has 2 aromatic rings. The molecule has 2 saturated heterocycles. The van der Waals surface area contributed by atoms with Gasteiger partial charge in [0.25, 0.3) is 5.91 Å². The van der Waals surface area contributed by atoms with Crippen molar-refractivity contribution >= 4 is 15.7 Å². The summed E-state index contributed by atoms with van der Waals surface area (Å²) in [5.74, 6) is -0.632. The maximum absolute atomic E-state index is 13.0. The van der Waals surface area contributed by atoms with E-state index >= 15 is 0 Å². The number of aromatic nitrogens is 4. The molecule has 26 heavy (non-hydrogen) atoms. The second kappa shape index (κ2) is 5.88. The van der Waals surface area contributed by atoms with E-state index in [1.54, 1.807) is 17.8 Å². The molecule has 2 fully saturated rings. The molecule has 0 unspecified atom stereocenters. The van der Waals surface area contributed by atoms with Gasteiger partial charge in [0, 0.05) is 19.4 Å². The molecule has 1 spiro atoms. The van der Waals surface area contributed by atoms with Crippen LogP contribution >= 0.6 is 0 Å². The second-order valence-corrected chi connectivity index (χ2v) is 9.11. The van der Waals surface area contributed by atoms with Crippen LogP contribution < -0.4 is 0 Å². The number of imidazole rings is 1. The fourth-order valence-electron chi connectivity index (χ4n) is 3.40. The van der Waals surface area contributed by atoms with Crippen molar-refractivity contribution in [3.8, 4) is 0 Å². The van der Waals surface area contributed by atoms with E-state index in [1.165, 1.54) is 15.8 Å². The number of sulfone groups is 1. The molecule has 11 heteroatoms. The molecule has 0 bridgehead atoms. The van der Waals surface area contributed by atoms with Crippen molar-refractivity contribution in [2.24, 2.45) is 7.05 Å². The maximum atomic E-state index is 13.0. The third kappa shape index (κ3) is 2.90. The first-order valence-corrected chi connectivity index (χ1v) is 9.80. The fraction of sp³-hybridized carbons (Fsp3) is 0.533. The van der Waals surface area contributed by atoms with Crippen LogP contribution in [0.25, 0.3) is 0 Å². The SMILES string of the molecule is Cn1ccnc1C(=O)N1CC2(C1)CS(=O)(=O)[C@@H](Cn1cc(F)cn1)CO2. The highest BCUT2D eigenvalue weighted by Gasteiger charge is 2.54. The van der Waals surface area contributed by atoms with Crippen LogP contribution in [0.3, 0.4) is 0 Å². The van der Waals surface area contributed by atoms with Crippen LogP contribution in [0.1, 0.15) is 10.6 Å². The molecule has 0 radical (unpaired) electrons. The van der Waals surface area contributed by atoms with Gasteiger partial charge in [-0.3, -0.25) is 9.48 Å². The molecular formula is C15H18FN5O4S. The van der Waals surface area contributed by atoms with Gasteiger partial charge >= 0.3 is 0 Å². The molecule has 4 heterocycles. The van der Waals surface area contributed by atoms with Crippen LogP contribution in [0.15, 0.2) is 24.8 Å². The first-order valence-electron chi connectivity index (χ1n) is 8.08. The highest BCUT2D eigenvalue weighted by molar-refractivity contribution is 7.92. The summed E-state index contributed by atoms with van der Waals surface area (Å²) in [5, 5.41) is 2.99. The Morgan fingerprint density at radius 3 is 2.81 bits per heavy atom. The Morgan fingerprint density at radius 1 is 1.46 bits per heavy atom. The summed E-state index contributed by atoms with van der Waals surface area (Å²) >= 11 is 0. The van der Waals surface area contributed by atoms with Crippen molar-refractivity contribution in [2.75, 3.05) is 25.4 Å². The van der Waals surface area contributed by atoms with E-state index in [4.69, 9.17) is 4.74 Å². The van der Waals surface area contributed by atoms with Crippen LogP contribution in [0.4, 0.5) is 4.39 Å². The van der Waals surface area contributed by atoms with Gasteiger partial charge in [-0.1, -0.05) is 0 Å². The molecule has 0 aromatic carbocycles. The van der Waals surface area contributed by atoms with E-state index in [1.807, 2.05) is 0 Å². The predicted octanol–water partition coefficient (Wildman–Crippen LogP) is -0.536. The number of ether oxygens (including phenoxy) is 1. The monoisotopic (exact) mass is 383 g/mol. The van der Waals surface area contributed by atoms with Crippen LogP contribution in [0.2, 0.25) is 0 Å². The molecule has 1 amide bonds. The van der Waals surface area contributed by atoms with Gasteiger partial charge in [0.05, 0.1) is 44.4 Å². The molecule has 4 rings (SSSR count). The Hall–Kier alpha value is -2.27. The molecule has 9 nitrogen and oxygen atoms in total.